The van der Waals surface area contributed by atoms with Crippen molar-refractivity contribution in [1.82, 2.24) is 5.48 Å². The molecule has 0 atom stereocenters. The third-order valence-electron chi connectivity index (χ3n) is 4.02. The molecule has 1 amide bonds. The largest absolute Gasteiger partial charge is 0.481 e. The Bertz CT molecular complexity index is 859. The fourth-order valence-electron chi connectivity index (χ4n) is 2.52. The van der Waals surface area contributed by atoms with Crippen molar-refractivity contribution in [3.05, 3.63) is 48.6 Å². The molecule has 1 aromatic rings. The lowest BCUT2D eigenvalue weighted by atomic mass is 9.83. The van der Waals surface area contributed by atoms with Crippen LogP contribution in [0.4, 0.5) is 0 Å². The maximum absolute atomic E-state index is 12.8. The third kappa shape index (κ3) is 4.54. The van der Waals surface area contributed by atoms with Gasteiger partial charge < -0.3 is 4.74 Å². The number of sulfone groups is 1. The first kappa shape index (κ1) is 19.8. The molecule has 6 nitrogen and oxygen atoms in total. The zero-order valence-electron chi connectivity index (χ0n) is 14.6. The minimum absolute atomic E-state index is 0.0666. The Kier molecular flexibility index (Phi) is 6.24. The zero-order valence-corrected chi connectivity index (χ0v) is 15.4. The van der Waals surface area contributed by atoms with Crippen molar-refractivity contribution < 1.29 is 23.2 Å². The fourth-order valence-corrected chi connectivity index (χ4v) is 4.19. The van der Waals surface area contributed by atoms with E-state index in [1.165, 1.54) is 36.4 Å². The number of hydroxylamine groups is 1. The monoisotopic (exact) mass is 375 g/mol. The van der Waals surface area contributed by atoms with E-state index in [0.717, 1.165) is 0 Å². The Hall–Kier alpha value is -2.56. The SMILES string of the molecule is CC#CCOc1ccc(S(=O)(=O)CC2(C(=O)NO)C=CC(C)C=C2)cc1. The van der Waals surface area contributed by atoms with Crippen LogP contribution in [0, 0.1) is 23.2 Å². The summed E-state index contributed by atoms with van der Waals surface area (Å²) < 4.78 is 30.9. The van der Waals surface area contributed by atoms with Crippen molar-refractivity contribution in [3.8, 4) is 17.6 Å². The van der Waals surface area contributed by atoms with Crippen molar-refractivity contribution in [3.63, 3.8) is 0 Å². The van der Waals surface area contributed by atoms with Crippen LogP contribution >= 0.6 is 0 Å². The van der Waals surface area contributed by atoms with Gasteiger partial charge in [0.1, 0.15) is 17.8 Å². The molecule has 0 radical (unpaired) electrons. The van der Waals surface area contributed by atoms with Crippen LogP contribution < -0.4 is 10.2 Å². The molecular formula is C19H21NO5S. The molecule has 138 valence electrons. The van der Waals surface area contributed by atoms with E-state index < -0.39 is 26.9 Å². The molecule has 0 unspecified atom stereocenters. The van der Waals surface area contributed by atoms with Crippen molar-refractivity contribution >= 4 is 15.7 Å². The van der Waals surface area contributed by atoms with Gasteiger partial charge in [0.2, 0.25) is 0 Å². The molecule has 0 saturated heterocycles. The van der Waals surface area contributed by atoms with Gasteiger partial charge in [-0.3, -0.25) is 10.0 Å². The molecule has 7 heteroatoms. The summed E-state index contributed by atoms with van der Waals surface area (Å²) in [7, 11) is -3.79. The van der Waals surface area contributed by atoms with Gasteiger partial charge in [-0.2, -0.15) is 0 Å². The third-order valence-corrected chi connectivity index (χ3v) is 5.87. The van der Waals surface area contributed by atoms with Crippen LogP contribution in [0.1, 0.15) is 13.8 Å². The van der Waals surface area contributed by atoms with E-state index in [1.54, 1.807) is 24.6 Å². The van der Waals surface area contributed by atoms with Crippen LogP contribution in [0.2, 0.25) is 0 Å². The average Bonchev–Trinajstić information content (AvgIpc) is 2.63. The molecule has 0 aliphatic heterocycles. The molecular weight excluding hydrogens is 354 g/mol. The molecule has 0 saturated carbocycles. The Morgan fingerprint density at radius 3 is 2.42 bits per heavy atom. The number of amides is 1. The predicted octanol–water partition coefficient (Wildman–Crippen LogP) is 2.12. The Labute approximate surface area is 153 Å². The molecule has 1 aliphatic carbocycles. The van der Waals surface area contributed by atoms with Gasteiger partial charge >= 0.3 is 0 Å². The summed E-state index contributed by atoms with van der Waals surface area (Å²) in [6.07, 6.45) is 6.50. The first-order chi connectivity index (χ1) is 12.3. The molecule has 1 aliphatic rings. The molecule has 0 spiro atoms. The van der Waals surface area contributed by atoms with Crippen molar-refractivity contribution in [2.45, 2.75) is 18.7 Å². The standard InChI is InChI=1S/C19H21NO5S/c1-3-4-13-25-16-5-7-17(8-6-16)26(23,24)14-19(18(21)20-22)11-9-15(2)10-12-19/h5-12,15,22H,13-14H2,1-2H3,(H,20,21). The first-order valence-electron chi connectivity index (χ1n) is 8.01. The van der Waals surface area contributed by atoms with Gasteiger partial charge in [-0.1, -0.05) is 37.1 Å². The summed E-state index contributed by atoms with van der Waals surface area (Å²) in [5.41, 5.74) is 0.111. The predicted molar refractivity (Wildman–Crippen MR) is 97.2 cm³/mol. The summed E-state index contributed by atoms with van der Waals surface area (Å²) >= 11 is 0. The van der Waals surface area contributed by atoms with Gasteiger partial charge in [0, 0.05) is 0 Å². The second kappa shape index (κ2) is 8.21. The average molecular weight is 375 g/mol. The Morgan fingerprint density at radius 1 is 1.27 bits per heavy atom. The van der Waals surface area contributed by atoms with Crippen molar-refractivity contribution in [1.29, 1.82) is 0 Å². The van der Waals surface area contributed by atoms with E-state index in [-0.39, 0.29) is 17.4 Å². The summed E-state index contributed by atoms with van der Waals surface area (Å²) in [4.78, 5) is 12.2. The van der Waals surface area contributed by atoms with E-state index in [9.17, 15) is 13.2 Å². The van der Waals surface area contributed by atoms with Gasteiger partial charge in [-0.25, -0.2) is 13.9 Å². The quantitative estimate of drug-likeness (QED) is 0.344. The molecule has 1 aromatic carbocycles. The number of carbonyl (C=O) groups excluding carboxylic acids is 1. The molecule has 0 heterocycles. The highest BCUT2D eigenvalue weighted by atomic mass is 32.2. The van der Waals surface area contributed by atoms with Crippen molar-refractivity contribution in [2.75, 3.05) is 12.4 Å². The second-order valence-corrected chi connectivity index (χ2v) is 7.99. The number of carbonyl (C=O) groups is 1. The lowest BCUT2D eigenvalue weighted by Crippen LogP contribution is -2.42. The highest BCUT2D eigenvalue weighted by Crippen LogP contribution is 2.32. The lowest BCUT2D eigenvalue weighted by molar-refractivity contribution is -0.134. The Morgan fingerprint density at radius 2 is 1.88 bits per heavy atom. The lowest BCUT2D eigenvalue weighted by Gasteiger charge is -2.27. The summed E-state index contributed by atoms with van der Waals surface area (Å²) in [5.74, 6) is 4.75. The summed E-state index contributed by atoms with van der Waals surface area (Å²) in [6.45, 7) is 3.83. The first-order valence-corrected chi connectivity index (χ1v) is 9.67. The maximum Gasteiger partial charge on any atom is 0.258 e. The number of benzene rings is 1. The highest BCUT2D eigenvalue weighted by molar-refractivity contribution is 7.91. The van der Waals surface area contributed by atoms with Gasteiger partial charge in [-0.05, 0) is 37.1 Å². The van der Waals surface area contributed by atoms with Crippen LogP contribution in [0.25, 0.3) is 0 Å². The maximum atomic E-state index is 12.8. The van der Waals surface area contributed by atoms with Crippen LogP contribution in [0.15, 0.2) is 53.5 Å². The Balaban J connectivity index is 2.25. The number of ether oxygens (including phenoxy) is 1. The van der Waals surface area contributed by atoms with Gasteiger partial charge in [0.05, 0.1) is 10.6 Å². The van der Waals surface area contributed by atoms with Gasteiger partial charge in [0.15, 0.2) is 9.84 Å². The van der Waals surface area contributed by atoms with Crippen LogP contribution in [0.3, 0.4) is 0 Å². The van der Waals surface area contributed by atoms with Gasteiger partial charge in [0.25, 0.3) is 5.91 Å². The summed E-state index contributed by atoms with van der Waals surface area (Å²) in [5, 5.41) is 9.03. The normalized spacial score (nSPS) is 21.6. The van der Waals surface area contributed by atoms with Crippen LogP contribution in [-0.2, 0) is 14.6 Å². The van der Waals surface area contributed by atoms with E-state index in [4.69, 9.17) is 9.94 Å². The topological polar surface area (TPSA) is 92.7 Å². The number of hydrogen-bond donors (Lipinski definition) is 2. The van der Waals surface area contributed by atoms with Crippen LogP contribution in [0.5, 0.6) is 5.75 Å². The van der Waals surface area contributed by atoms with E-state index >= 15 is 0 Å². The molecule has 26 heavy (non-hydrogen) atoms. The van der Waals surface area contributed by atoms with Crippen LogP contribution in [-0.4, -0.2) is 31.9 Å². The smallest absolute Gasteiger partial charge is 0.258 e. The molecule has 2 rings (SSSR count). The zero-order chi connectivity index (χ0) is 19.2. The van der Waals surface area contributed by atoms with Crippen molar-refractivity contribution in [2.24, 2.45) is 11.3 Å². The molecule has 0 bridgehead atoms. The number of rotatable bonds is 6. The van der Waals surface area contributed by atoms with E-state index in [0.29, 0.717) is 5.75 Å². The minimum Gasteiger partial charge on any atom is -0.481 e. The van der Waals surface area contributed by atoms with E-state index in [2.05, 4.69) is 11.8 Å². The molecule has 0 fully saturated rings. The van der Waals surface area contributed by atoms with Gasteiger partial charge in [-0.15, -0.1) is 5.92 Å². The highest BCUT2D eigenvalue weighted by Gasteiger charge is 2.40. The van der Waals surface area contributed by atoms with E-state index in [1.807, 2.05) is 6.92 Å². The number of nitrogens with one attached hydrogen (secondary N) is 1. The summed E-state index contributed by atoms with van der Waals surface area (Å²) in [6, 6.07) is 5.93. The second-order valence-electron chi connectivity index (χ2n) is 6.00. The molecule has 0 aromatic heterocycles. The number of allylic oxidation sites excluding steroid dienone is 2. The number of hydrogen-bond acceptors (Lipinski definition) is 5. The minimum atomic E-state index is -3.79. The fraction of sp³-hybridized carbons (Fsp3) is 0.316. The molecule has 2 N–H and O–H groups in total.